The lowest BCUT2D eigenvalue weighted by atomic mass is 10.4. The number of carboxylic acids is 1. The summed E-state index contributed by atoms with van der Waals surface area (Å²) in [6.07, 6.45) is 0. The van der Waals surface area contributed by atoms with Crippen molar-refractivity contribution in [1.82, 2.24) is 4.37 Å². The number of aromatic carboxylic acids is 1. The number of rotatable bonds is 4. The highest BCUT2D eigenvalue weighted by Crippen LogP contribution is 2.18. The van der Waals surface area contributed by atoms with E-state index >= 15 is 0 Å². The van der Waals surface area contributed by atoms with E-state index < -0.39 is 5.97 Å². The second-order valence-corrected chi connectivity index (χ2v) is 3.33. The first-order valence-corrected chi connectivity index (χ1v) is 4.91. The number of hydrogen-bond acceptors (Lipinski definition) is 4. The quantitative estimate of drug-likeness (QED) is 0.803. The van der Waals surface area contributed by atoms with Gasteiger partial charge in [-0.15, -0.1) is 0 Å². The van der Waals surface area contributed by atoms with Crippen LogP contribution in [0.1, 0.15) is 23.5 Å². The fourth-order valence-electron chi connectivity index (χ4n) is 1.06. The maximum atomic E-state index is 10.6. The summed E-state index contributed by atoms with van der Waals surface area (Å²) in [5.74, 6) is -0.150. The van der Waals surface area contributed by atoms with Crippen LogP contribution < -0.4 is 4.90 Å². The fraction of sp³-hybridized carbons (Fsp3) is 0.500. The van der Waals surface area contributed by atoms with Gasteiger partial charge in [-0.1, -0.05) is 0 Å². The van der Waals surface area contributed by atoms with Crippen molar-refractivity contribution in [3.05, 3.63) is 10.9 Å². The van der Waals surface area contributed by atoms with Crippen molar-refractivity contribution in [2.75, 3.05) is 18.0 Å². The minimum Gasteiger partial charge on any atom is -0.477 e. The van der Waals surface area contributed by atoms with Crippen molar-refractivity contribution in [1.29, 1.82) is 0 Å². The lowest BCUT2D eigenvalue weighted by molar-refractivity contribution is 0.0702. The molecule has 13 heavy (non-hydrogen) atoms. The average molecular weight is 200 g/mol. The molecule has 1 rings (SSSR count). The number of carboxylic acid groups (broad SMARTS) is 1. The lowest BCUT2D eigenvalue weighted by Gasteiger charge is -2.16. The van der Waals surface area contributed by atoms with Crippen LogP contribution in [0.4, 0.5) is 5.82 Å². The Balaban J connectivity index is 2.84. The van der Waals surface area contributed by atoms with Crippen molar-refractivity contribution >= 4 is 23.3 Å². The van der Waals surface area contributed by atoms with Crippen LogP contribution in [0.5, 0.6) is 0 Å². The van der Waals surface area contributed by atoms with Gasteiger partial charge in [0.2, 0.25) is 0 Å². The molecular formula is C8H12N2O2S. The Kier molecular flexibility index (Phi) is 3.25. The van der Waals surface area contributed by atoms with Gasteiger partial charge in [-0.2, -0.15) is 4.37 Å². The fourth-order valence-corrected chi connectivity index (χ4v) is 1.66. The van der Waals surface area contributed by atoms with Crippen LogP contribution in [0.25, 0.3) is 0 Å². The predicted molar refractivity (Wildman–Crippen MR) is 52.6 cm³/mol. The first kappa shape index (κ1) is 9.98. The molecule has 0 aromatic carbocycles. The van der Waals surface area contributed by atoms with Crippen LogP contribution in [-0.4, -0.2) is 28.5 Å². The molecule has 1 N–H and O–H groups in total. The van der Waals surface area contributed by atoms with Crippen LogP contribution in [-0.2, 0) is 0 Å². The van der Waals surface area contributed by atoms with Gasteiger partial charge in [0.1, 0.15) is 10.7 Å². The molecule has 1 aromatic heterocycles. The highest BCUT2D eigenvalue weighted by Gasteiger charge is 2.11. The zero-order valence-corrected chi connectivity index (χ0v) is 8.47. The molecule has 0 fully saturated rings. The largest absolute Gasteiger partial charge is 0.477 e. The van der Waals surface area contributed by atoms with E-state index in [9.17, 15) is 4.79 Å². The molecule has 0 saturated heterocycles. The third kappa shape index (κ3) is 2.18. The van der Waals surface area contributed by atoms with Crippen LogP contribution >= 0.6 is 11.5 Å². The van der Waals surface area contributed by atoms with Crippen LogP contribution in [0.3, 0.4) is 0 Å². The summed E-state index contributed by atoms with van der Waals surface area (Å²) in [5, 5.41) is 8.68. The third-order valence-electron chi connectivity index (χ3n) is 1.80. The van der Waals surface area contributed by atoms with E-state index in [0.29, 0.717) is 4.88 Å². The van der Waals surface area contributed by atoms with E-state index in [-0.39, 0.29) is 0 Å². The van der Waals surface area contributed by atoms with E-state index in [2.05, 4.69) is 4.37 Å². The summed E-state index contributed by atoms with van der Waals surface area (Å²) in [4.78, 5) is 12.9. The first-order chi connectivity index (χ1) is 6.19. The molecule has 0 atom stereocenters. The zero-order chi connectivity index (χ0) is 9.84. The van der Waals surface area contributed by atoms with Gasteiger partial charge < -0.3 is 10.0 Å². The second kappa shape index (κ2) is 4.23. The van der Waals surface area contributed by atoms with Gasteiger partial charge in [0.25, 0.3) is 0 Å². The van der Waals surface area contributed by atoms with E-state index in [1.54, 1.807) is 6.07 Å². The zero-order valence-electron chi connectivity index (χ0n) is 7.65. The van der Waals surface area contributed by atoms with E-state index in [1.807, 2.05) is 18.7 Å². The van der Waals surface area contributed by atoms with Gasteiger partial charge >= 0.3 is 5.97 Å². The summed E-state index contributed by atoms with van der Waals surface area (Å²) in [5.41, 5.74) is 0. The van der Waals surface area contributed by atoms with E-state index in [0.717, 1.165) is 30.4 Å². The van der Waals surface area contributed by atoms with Crippen molar-refractivity contribution in [2.45, 2.75) is 13.8 Å². The number of nitrogens with zero attached hydrogens (tertiary/aromatic N) is 2. The smallest absolute Gasteiger partial charge is 0.347 e. The third-order valence-corrected chi connectivity index (χ3v) is 2.56. The molecule has 0 saturated carbocycles. The Morgan fingerprint density at radius 2 is 2.23 bits per heavy atom. The van der Waals surface area contributed by atoms with Crippen LogP contribution in [0, 0.1) is 0 Å². The topological polar surface area (TPSA) is 53.4 Å². The van der Waals surface area contributed by atoms with Gasteiger partial charge in [-0.25, -0.2) is 4.79 Å². The lowest BCUT2D eigenvalue weighted by Crippen LogP contribution is -2.21. The standard InChI is InChI=1S/C8H12N2O2S/c1-3-10(4-2)7-5-6(8(11)12)13-9-7/h5H,3-4H2,1-2H3,(H,11,12). The van der Waals surface area contributed by atoms with Gasteiger partial charge in [0, 0.05) is 19.2 Å². The van der Waals surface area contributed by atoms with Crippen molar-refractivity contribution in [3.63, 3.8) is 0 Å². The van der Waals surface area contributed by atoms with Gasteiger partial charge in [-0.05, 0) is 25.4 Å². The summed E-state index contributed by atoms with van der Waals surface area (Å²) in [6, 6.07) is 1.61. The van der Waals surface area contributed by atoms with Crippen molar-refractivity contribution < 1.29 is 9.90 Å². The molecular weight excluding hydrogens is 188 g/mol. The van der Waals surface area contributed by atoms with Crippen molar-refractivity contribution in [2.24, 2.45) is 0 Å². The second-order valence-electron chi connectivity index (χ2n) is 2.53. The molecule has 0 amide bonds. The highest BCUT2D eigenvalue weighted by molar-refractivity contribution is 7.08. The van der Waals surface area contributed by atoms with Crippen LogP contribution in [0.2, 0.25) is 0 Å². The minimum atomic E-state index is -0.907. The highest BCUT2D eigenvalue weighted by atomic mass is 32.1. The predicted octanol–water partition coefficient (Wildman–Crippen LogP) is 1.69. The molecule has 0 aliphatic carbocycles. The Bertz CT molecular complexity index is 294. The molecule has 0 aliphatic heterocycles. The summed E-state index contributed by atoms with van der Waals surface area (Å²) in [7, 11) is 0. The van der Waals surface area contributed by atoms with Gasteiger partial charge in [-0.3, -0.25) is 0 Å². The Hall–Kier alpha value is -1.10. The minimum absolute atomic E-state index is 0.293. The van der Waals surface area contributed by atoms with Crippen molar-refractivity contribution in [3.8, 4) is 0 Å². The average Bonchev–Trinajstić information content (AvgIpc) is 2.56. The van der Waals surface area contributed by atoms with Gasteiger partial charge in [0.15, 0.2) is 0 Å². The number of aromatic nitrogens is 1. The summed E-state index contributed by atoms with van der Waals surface area (Å²) in [6.45, 7) is 5.73. The maximum absolute atomic E-state index is 10.6. The summed E-state index contributed by atoms with van der Waals surface area (Å²) >= 11 is 1.03. The Labute approximate surface area is 81.0 Å². The van der Waals surface area contributed by atoms with Gasteiger partial charge in [0.05, 0.1) is 0 Å². The SMILES string of the molecule is CCN(CC)c1cc(C(=O)O)sn1. The molecule has 4 nitrogen and oxygen atoms in total. The van der Waals surface area contributed by atoms with Crippen LogP contribution in [0.15, 0.2) is 6.07 Å². The molecule has 0 bridgehead atoms. The summed E-state index contributed by atoms with van der Waals surface area (Å²) < 4.78 is 4.07. The molecule has 0 radical (unpaired) electrons. The molecule has 1 aromatic rings. The number of hydrogen-bond donors (Lipinski definition) is 1. The Morgan fingerprint density at radius 3 is 2.62 bits per heavy atom. The number of anilines is 1. The Morgan fingerprint density at radius 1 is 1.62 bits per heavy atom. The molecule has 1 heterocycles. The monoisotopic (exact) mass is 200 g/mol. The molecule has 72 valence electrons. The molecule has 0 aliphatic rings. The first-order valence-electron chi connectivity index (χ1n) is 4.14. The molecule has 0 spiro atoms. The number of carbonyl (C=O) groups is 1. The maximum Gasteiger partial charge on any atom is 0.347 e. The van der Waals surface area contributed by atoms with E-state index in [1.165, 1.54) is 0 Å². The molecule has 5 heteroatoms. The molecule has 0 unspecified atom stereocenters. The van der Waals surface area contributed by atoms with E-state index in [4.69, 9.17) is 5.11 Å². The normalized spacial score (nSPS) is 10.0.